The number of piperidine rings is 1. The molecule has 2 fully saturated rings. The predicted molar refractivity (Wildman–Crippen MR) is 150 cm³/mol. The van der Waals surface area contributed by atoms with E-state index < -0.39 is 5.82 Å². The van der Waals surface area contributed by atoms with Gasteiger partial charge in [-0.1, -0.05) is 18.2 Å². The molecule has 1 aromatic carbocycles. The summed E-state index contributed by atoms with van der Waals surface area (Å²) in [5.74, 6) is -0.314. The zero-order valence-electron chi connectivity index (χ0n) is 22.1. The zero-order chi connectivity index (χ0) is 27.5. The summed E-state index contributed by atoms with van der Waals surface area (Å²) < 4.78 is 17.9. The first kappa shape index (κ1) is 25.7. The molecule has 4 aromatic rings. The van der Waals surface area contributed by atoms with E-state index in [1.54, 1.807) is 15.6 Å². The minimum Gasteiger partial charge on any atom is -0.369 e. The Bertz CT molecular complexity index is 1560. The van der Waals surface area contributed by atoms with Crippen molar-refractivity contribution >= 4 is 22.9 Å². The van der Waals surface area contributed by atoms with Gasteiger partial charge in [-0.2, -0.15) is 10.4 Å². The van der Waals surface area contributed by atoms with Crippen LogP contribution in [0, 0.1) is 17.1 Å². The highest BCUT2D eigenvalue weighted by Gasteiger charge is 2.26. The first-order valence-corrected chi connectivity index (χ1v) is 13.6. The topological polar surface area (TPSA) is 114 Å². The summed E-state index contributed by atoms with van der Waals surface area (Å²) >= 11 is 0. The summed E-state index contributed by atoms with van der Waals surface area (Å²) in [5.41, 5.74) is 3.44. The van der Waals surface area contributed by atoms with E-state index in [1.807, 2.05) is 54.7 Å². The van der Waals surface area contributed by atoms with Gasteiger partial charge in [0.2, 0.25) is 5.91 Å². The SMILES string of the molecule is N#CCC(=O)N1CCC[C@@H](Nc2nc(-c3cnn4ccccc34)nc(-c3ccc(N4CCNCC4)cc3)c2F)C1. The van der Waals surface area contributed by atoms with Crippen molar-refractivity contribution in [2.45, 2.75) is 25.3 Å². The fourth-order valence-corrected chi connectivity index (χ4v) is 5.41. The molecule has 10 nitrogen and oxygen atoms in total. The van der Waals surface area contributed by atoms with E-state index in [2.05, 4.69) is 25.6 Å². The molecule has 6 rings (SSSR count). The van der Waals surface area contributed by atoms with E-state index in [9.17, 15) is 4.79 Å². The molecule has 40 heavy (non-hydrogen) atoms. The summed E-state index contributed by atoms with van der Waals surface area (Å²) in [7, 11) is 0. The van der Waals surface area contributed by atoms with Crippen LogP contribution in [0.15, 0.2) is 54.9 Å². The molecule has 0 spiro atoms. The third-order valence-electron chi connectivity index (χ3n) is 7.49. The Morgan fingerprint density at radius 1 is 1.12 bits per heavy atom. The number of amides is 1. The molecule has 0 aliphatic carbocycles. The van der Waals surface area contributed by atoms with E-state index in [-0.39, 0.29) is 29.9 Å². The minimum absolute atomic E-state index is 0.0843. The molecule has 1 atom stereocenters. The van der Waals surface area contributed by atoms with E-state index in [0.717, 1.165) is 50.2 Å². The number of fused-ring (bicyclic) bond motifs is 1. The van der Waals surface area contributed by atoms with Crippen LogP contribution in [0.3, 0.4) is 0 Å². The number of carbonyl (C=O) groups is 1. The molecular weight excluding hydrogens is 509 g/mol. The summed E-state index contributed by atoms with van der Waals surface area (Å²) in [5, 5.41) is 20.0. The number of likely N-dealkylation sites (tertiary alicyclic amines) is 1. The van der Waals surface area contributed by atoms with Gasteiger partial charge >= 0.3 is 0 Å². The summed E-state index contributed by atoms with van der Waals surface area (Å²) in [6, 6.07) is 15.2. The summed E-state index contributed by atoms with van der Waals surface area (Å²) in [6.07, 6.45) is 4.86. The lowest BCUT2D eigenvalue weighted by Gasteiger charge is -2.33. The van der Waals surface area contributed by atoms with Gasteiger partial charge in [-0.15, -0.1) is 0 Å². The number of piperazine rings is 1. The number of aromatic nitrogens is 4. The number of nitrogens with zero attached hydrogens (tertiary/aromatic N) is 7. The molecule has 0 radical (unpaired) electrons. The van der Waals surface area contributed by atoms with E-state index >= 15 is 4.39 Å². The third kappa shape index (κ3) is 5.18. The van der Waals surface area contributed by atoms with Crippen molar-refractivity contribution < 1.29 is 9.18 Å². The monoisotopic (exact) mass is 539 g/mol. The van der Waals surface area contributed by atoms with Crippen molar-refractivity contribution in [3.8, 4) is 28.7 Å². The number of anilines is 2. The van der Waals surface area contributed by atoms with Crippen LogP contribution >= 0.6 is 0 Å². The highest BCUT2D eigenvalue weighted by Crippen LogP contribution is 2.32. The maximum absolute atomic E-state index is 16.1. The standard InChI is InChI=1S/C29H30FN9O/c30-26-27(20-6-8-22(9-7-20)37-16-12-32-13-17-37)35-28(23-18-33-39-15-2-1-5-24(23)39)36-29(26)34-21-4-3-14-38(19-21)25(40)10-11-31/h1-2,5-9,15,18,21,32H,3-4,10,12-14,16-17,19H2,(H,34,35,36)/t21-/m1/s1. The van der Waals surface area contributed by atoms with Gasteiger partial charge in [0.1, 0.15) is 12.1 Å². The van der Waals surface area contributed by atoms with Gasteiger partial charge in [0, 0.05) is 62.8 Å². The molecular formula is C29H30FN9O. The number of nitrogens with one attached hydrogen (secondary N) is 2. The lowest BCUT2D eigenvalue weighted by Crippen LogP contribution is -2.45. The normalized spacial score (nSPS) is 17.6. The van der Waals surface area contributed by atoms with Crippen LogP contribution in [0.25, 0.3) is 28.2 Å². The molecule has 0 unspecified atom stereocenters. The third-order valence-corrected chi connectivity index (χ3v) is 7.49. The molecule has 204 valence electrons. The van der Waals surface area contributed by atoms with Gasteiger partial charge in [-0.05, 0) is 37.1 Å². The number of halogens is 1. The smallest absolute Gasteiger partial charge is 0.236 e. The first-order valence-electron chi connectivity index (χ1n) is 13.6. The maximum Gasteiger partial charge on any atom is 0.236 e. The molecule has 2 saturated heterocycles. The fraction of sp³-hybridized carbons (Fsp3) is 0.345. The number of hydrogen-bond acceptors (Lipinski definition) is 8. The highest BCUT2D eigenvalue weighted by molar-refractivity contribution is 5.79. The number of pyridine rings is 1. The van der Waals surface area contributed by atoms with Crippen molar-refractivity contribution in [3.63, 3.8) is 0 Å². The second kappa shape index (κ2) is 11.3. The second-order valence-corrected chi connectivity index (χ2v) is 10.1. The van der Waals surface area contributed by atoms with Gasteiger partial charge in [-0.3, -0.25) is 4.79 Å². The number of nitriles is 1. The minimum atomic E-state index is -0.546. The Morgan fingerprint density at radius 3 is 2.75 bits per heavy atom. The summed E-state index contributed by atoms with van der Waals surface area (Å²) in [6.45, 7) is 4.67. The van der Waals surface area contributed by atoms with Crippen LogP contribution in [-0.4, -0.2) is 75.7 Å². The van der Waals surface area contributed by atoms with E-state index in [0.29, 0.717) is 30.0 Å². The second-order valence-electron chi connectivity index (χ2n) is 10.1. The Balaban J connectivity index is 1.37. The largest absolute Gasteiger partial charge is 0.369 e. The number of carbonyl (C=O) groups excluding carboxylic acids is 1. The van der Waals surface area contributed by atoms with Gasteiger partial charge in [-0.25, -0.2) is 18.9 Å². The molecule has 0 bridgehead atoms. The van der Waals surface area contributed by atoms with Gasteiger partial charge in [0.15, 0.2) is 17.5 Å². The molecule has 5 heterocycles. The molecule has 2 aliphatic rings. The van der Waals surface area contributed by atoms with Crippen LogP contribution < -0.4 is 15.5 Å². The van der Waals surface area contributed by atoms with Crippen molar-refractivity contribution in [1.82, 2.24) is 29.8 Å². The fourth-order valence-electron chi connectivity index (χ4n) is 5.41. The van der Waals surface area contributed by atoms with Crippen LogP contribution in [0.2, 0.25) is 0 Å². The van der Waals surface area contributed by atoms with Crippen molar-refractivity contribution in [1.29, 1.82) is 5.26 Å². The number of hydrogen-bond donors (Lipinski definition) is 2. The quantitative estimate of drug-likeness (QED) is 0.384. The van der Waals surface area contributed by atoms with Crippen LogP contribution in [-0.2, 0) is 4.79 Å². The molecule has 1 amide bonds. The Hall–Kier alpha value is -4.56. The molecule has 11 heteroatoms. The molecule has 2 aliphatic heterocycles. The average molecular weight is 540 g/mol. The van der Waals surface area contributed by atoms with Crippen molar-refractivity contribution in [2.24, 2.45) is 0 Å². The molecule has 3 aromatic heterocycles. The lowest BCUT2D eigenvalue weighted by molar-refractivity contribution is -0.131. The van der Waals surface area contributed by atoms with E-state index in [1.165, 1.54) is 0 Å². The Morgan fingerprint density at radius 2 is 1.95 bits per heavy atom. The van der Waals surface area contributed by atoms with Crippen LogP contribution in [0.4, 0.5) is 15.9 Å². The van der Waals surface area contributed by atoms with Crippen molar-refractivity contribution in [3.05, 3.63) is 60.7 Å². The lowest BCUT2D eigenvalue weighted by atomic mass is 10.0. The van der Waals surface area contributed by atoms with E-state index in [4.69, 9.17) is 10.2 Å². The molecule has 0 saturated carbocycles. The predicted octanol–water partition coefficient (Wildman–Crippen LogP) is 3.32. The van der Waals surface area contributed by atoms with Crippen LogP contribution in [0.5, 0.6) is 0 Å². The maximum atomic E-state index is 16.1. The molecule has 2 N–H and O–H groups in total. The highest BCUT2D eigenvalue weighted by atomic mass is 19.1. The Kier molecular flexibility index (Phi) is 7.25. The van der Waals surface area contributed by atoms with Crippen molar-refractivity contribution in [2.75, 3.05) is 49.5 Å². The van der Waals surface area contributed by atoms with Gasteiger partial charge < -0.3 is 20.4 Å². The van der Waals surface area contributed by atoms with Crippen LogP contribution in [0.1, 0.15) is 19.3 Å². The van der Waals surface area contributed by atoms with Gasteiger partial charge in [0.25, 0.3) is 0 Å². The summed E-state index contributed by atoms with van der Waals surface area (Å²) in [4.78, 5) is 25.6. The first-order chi connectivity index (χ1) is 19.6. The number of rotatable bonds is 6. The van der Waals surface area contributed by atoms with Gasteiger partial charge in [0.05, 0.1) is 23.3 Å². The number of benzene rings is 1. The average Bonchev–Trinajstić information content (AvgIpc) is 3.43. The Labute approximate surface area is 231 Å². The zero-order valence-corrected chi connectivity index (χ0v) is 22.1.